The molecule has 34 heavy (non-hydrogen) atoms. The van der Waals surface area contributed by atoms with Crippen molar-refractivity contribution in [2.75, 3.05) is 12.4 Å². The Balaban J connectivity index is 1.52. The number of nitrogens with zero attached hydrogens (tertiary/aromatic N) is 1. The highest BCUT2D eigenvalue weighted by Gasteiger charge is 2.13. The van der Waals surface area contributed by atoms with Gasteiger partial charge in [0.1, 0.15) is 24.1 Å². The molecule has 5 nitrogen and oxygen atoms in total. The number of benzene rings is 4. The molecule has 4 aromatic carbocycles. The zero-order valence-corrected chi connectivity index (χ0v) is 18.4. The Morgan fingerprint density at radius 1 is 1.00 bits per heavy atom. The van der Waals surface area contributed by atoms with Gasteiger partial charge in [0, 0.05) is 11.1 Å². The molecule has 0 saturated carbocycles. The molecule has 0 radical (unpaired) electrons. The van der Waals surface area contributed by atoms with Gasteiger partial charge in [-0.3, -0.25) is 4.79 Å². The smallest absolute Gasteiger partial charge is 0.266 e. The zero-order chi connectivity index (χ0) is 23.9. The molecule has 0 aliphatic heterocycles. The number of carbonyl (C=O) groups is 1. The summed E-state index contributed by atoms with van der Waals surface area (Å²) in [7, 11) is 1.51. The van der Waals surface area contributed by atoms with Crippen molar-refractivity contribution in [1.29, 1.82) is 5.26 Å². The van der Waals surface area contributed by atoms with E-state index in [1.165, 1.54) is 25.3 Å². The first-order chi connectivity index (χ1) is 16.6. The molecule has 0 atom stereocenters. The van der Waals surface area contributed by atoms with E-state index in [9.17, 15) is 14.4 Å². The molecule has 0 aliphatic rings. The molecule has 0 heterocycles. The summed E-state index contributed by atoms with van der Waals surface area (Å²) in [6, 6.07) is 26.4. The number of carbonyl (C=O) groups excluding carboxylic acids is 1. The summed E-state index contributed by atoms with van der Waals surface area (Å²) in [4.78, 5) is 12.8. The Kier molecular flexibility index (Phi) is 6.85. The number of amides is 1. The number of nitriles is 1. The van der Waals surface area contributed by atoms with E-state index in [-0.39, 0.29) is 18.0 Å². The lowest BCUT2D eigenvalue weighted by molar-refractivity contribution is -0.112. The largest absolute Gasteiger partial charge is 0.493 e. The van der Waals surface area contributed by atoms with Crippen LogP contribution in [0.2, 0.25) is 0 Å². The van der Waals surface area contributed by atoms with Crippen LogP contribution in [-0.4, -0.2) is 13.0 Å². The van der Waals surface area contributed by atoms with Crippen LogP contribution >= 0.6 is 0 Å². The summed E-state index contributed by atoms with van der Waals surface area (Å²) in [5, 5.41) is 14.3. The van der Waals surface area contributed by atoms with Gasteiger partial charge < -0.3 is 14.8 Å². The van der Waals surface area contributed by atoms with E-state index < -0.39 is 5.91 Å². The van der Waals surface area contributed by atoms with Crippen molar-refractivity contribution in [2.24, 2.45) is 0 Å². The van der Waals surface area contributed by atoms with Crippen LogP contribution in [-0.2, 0) is 11.4 Å². The number of halogens is 1. The Morgan fingerprint density at radius 3 is 2.53 bits per heavy atom. The fourth-order valence-corrected chi connectivity index (χ4v) is 3.47. The number of anilines is 1. The highest BCUT2D eigenvalue weighted by Crippen LogP contribution is 2.30. The van der Waals surface area contributed by atoms with Crippen molar-refractivity contribution in [2.45, 2.75) is 6.61 Å². The normalized spacial score (nSPS) is 11.0. The van der Waals surface area contributed by atoms with Crippen LogP contribution in [0.3, 0.4) is 0 Å². The quantitative estimate of drug-likeness (QED) is 0.271. The van der Waals surface area contributed by atoms with Gasteiger partial charge in [0.15, 0.2) is 11.5 Å². The average Bonchev–Trinajstić information content (AvgIpc) is 2.87. The SMILES string of the molecule is COc1cc(/C=C(\C#N)C(=O)Nc2cccc3ccccc23)ccc1OCc1ccc(F)cc1. The minimum absolute atomic E-state index is 0.0463. The van der Waals surface area contributed by atoms with Crippen molar-refractivity contribution < 1.29 is 18.7 Å². The first kappa shape index (κ1) is 22.6. The molecule has 0 saturated heterocycles. The summed E-state index contributed by atoms with van der Waals surface area (Å²) in [6.45, 7) is 0.239. The third-order valence-corrected chi connectivity index (χ3v) is 5.21. The molecular formula is C28H21FN2O3. The van der Waals surface area contributed by atoms with Crippen molar-refractivity contribution in [3.05, 3.63) is 107 Å². The summed E-state index contributed by atoms with van der Waals surface area (Å²) in [5.41, 5.74) is 2.00. The van der Waals surface area contributed by atoms with E-state index in [4.69, 9.17) is 9.47 Å². The number of fused-ring (bicyclic) bond motifs is 1. The van der Waals surface area contributed by atoms with Crippen LogP contribution in [0.5, 0.6) is 11.5 Å². The Bertz CT molecular complexity index is 1400. The monoisotopic (exact) mass is 452 g/mol. The highest BCUT2D eigenvalue weighted by atomic mass is 19.1. The van der Waals surface area contributed by atoms with Gasteiger partial charge in [-0.25, -0.2) is 4.39 Å². The maximum absolute atomic E-state index is 13.1. The maximum Gasteiger partial charge on any atom is 0.266 e. The van der Waals surface area contributed by atoms with Gasteiger partial charge in [0.25, 0.3) is 5.91 Å². The molecule has 0 spiro atoms. The van der Waals surface area contributed by atoms with Crippen molar-refractivity contribution >= 4 is 28.4 Å². The lowest BCUT2D eigenvalue weighted by Gasteiger charge is -2.12. The number of rotatable bonds is 7. The van der Waals surface area contributed by atoms with Crippen LogP contribution in [0.25, 0.3) is 16.8 Å². The Morgan fingerprint density at radius 2 is 1.76 bits per heavy atom. The molecule has 0 bridgehead atoms. The highest BCUT2D eigenvalue weighted by molar-refractivity contribution is 6.12. The first-order valence-electron chi connectivity index (χ1n) is 10.5. The van der Waals surface area contributed by atoms with Gasteiger partial charge in [0.05, 0.1) is 7.11 Å². The lowest BCUT2D eigenvalue weighted by atomic mass is 10.1. The van der Waals surface area contributed by atoms with Crippen LogP contribution in [0.15, 0.2) is 90.5 Å². The van der Waals surface area contributed by atoms with Crippen molar-refractivity contribution in [3.8, 4) is 17.6 Å². The lowest BCUT2D eigenvalue weighted by Crippen LogP contribution is -2.13. The Hall–Kier alpha value is -4.63. The summed E-state index contributed by atoms with van der Waals surface area (Å²) >= 11 is 0. The van der Waals surface area contributed by atoms with E-state index >= 15 is 0 Å². The third kappa shape index (κ3) is 5.22. The Labute approximate surface area is 196 Å². The number of methoxy groups -OCH3 is 1. The van der Waals surface area contributed by atoms with Crippen LogP contribution in [0.4, 0.5) is 10.1 Å². The number of nitrogens with one attached hydrogen (secondary N) is 1. The second kappa shape index (κ2) is 10.3. The molecule has 0 unspecified atom stereocenters. The standard InChI is InChI=1S/C28H21FN2O3/c1-33-27-16-20(11-14-26(27)34-18-19-9-12-23(29)13-10-19)15-22(17-30)28(32)31-25-8-4-6-21-5-2-3-7-24(21)25/h2-16H,18H2,1H3,(H,31,32)/b22-15+. The first-order valence-corrected chi connectivity index (χ1v) is 10.5. The van der Waals surface area contributed by atoms with Gasteiger partial charge in [0.2, 0.25) is 0 Å². The fourth-order valence-electron chi connectivity index (χ4n) is 3.47. The number of ether oxygens (including phenoxy) is 2. The zero-order valence-electron chi connectivity index (χ0n) is 18.4. The molecule has 4 aromatic rings. The van der Waals surface area contributed by atoms with E-state index in [0.717, 1.165) is 16.3 Å². The van der Waals surface area contributed by atoms with Crippen LogP contribution in [0, 0.1) is 17.1 Å². The third-order valence-electron chi connectivity index (χ3n) is 5.21. The van der Waals surface area contributed by atoms with Crippen molar-refractivity contribution in [1.82, 2.24) is 0 Å². The van der Waals surface area contributed by atoms with Crippen LogP contribution < -0.4 is 14.8 Å². The topological polar surface area (TPSA) is 71.3 Å². The predicted octanol–water partition coefficient (Wildman–Crippen LogP) is 6.11. The minimum Gasteiger partial charge on any atom is -0.493 e. The minimum atomic E-state index is -0.505. The summed E-state index contributed by atoms with van der Waals surface area (Å²) in [5.74, 6) is 0.120. The molecule has 0 aromatic heterocycles. The van der Waals surface area contributed by atoms with Gasteiger partial charge in [-0.15, -0.1) is 0 Å². The molecule has 4 rings (SSSR count). The molecule has 0 fully saturated rings. The molecular weight excluding hydrogens is 431 g/mol. The van der Waals surface area contributed by atoms with E-state index in [1.54, 1.807) is 36.4 Å². The van der Waals surface area contributed by atoms with Gasteiger partial charge in [-0.05, 0) is 52.9 Å². The van der Waals surface area contributed by atoms with Crippen molar-refractivity contribution in [3.63, 3.8) is 0 Å². The van der Waals surface area contributed by atoms with Gasteiger partial charge in [-0.2, -0.15) is 5.26 Å². The number of hydrogen-bond acceptors (Lipinski definition) is 4. The summed E-state index contributed by atoms with van der Waals surface area (Å²) in [6.07, 6.45) is 1.49. The molecule has 0 aliphatic carbocycles. The molecule has 168 valence electrons. The van der Waals surface area contributed by atoms with E-state index in [2.05, 4.69) is 5.32 Å². The van der Waals surface area contributed by atoms with Gasteiger partial charge >= 0.3 is 0 Å². The molecule has 1 N–H and O–H groups in total. The maximum atomic E-state index is 13.1. The van der Waals surface area contributed by atoms with E-state index in [1.807, 2.05) is 42.5 Å². The second-order valence-corrected chi connectivity index (χ2v) is 7.48. The predicted molar refractivity (Wildman–Crippen MR) is 130 cm³/mol. The fraction of sp³-hybridized carbons (Fsp3) is 0.0714. The summed E-state index contributed by atoms with van der Waals surface area (Å²) < 4.78 is 24.3. The second-order valence-electron chi connectivity index (χ2n) is 7.48. The van der Waals surface area contributed by atoms with E-state index in [0.29, 0.717) is 22.7 Å². The molecule has 1 amide bonds. The van der Waals surface area contributed by atoms with Crippen LogP contribution in [0.1, 0.15) is 11.1 Å². The number of hydrogen-bond donors (Lipinski definition) is 1. The molecule has 6 heteroatoms. The van der Waals surface area contributed by atoms with Gasteiger partial charge in [-0.1, -0.05) is 54.6 Å². The average molecular weight is 452 g/mol.